The van der Waals surface area contributed by atoms with Crippen molar-refractivity contribution in [1.29, 1.82) is 0 Å². The molecule has 9 nitrogen and oxygen atoms in total. The summed E-state index contributed by atoms with van der Waals surface area (Å²) in [4.78, 5) is 37.6. The number of nitrogens with two attached hydrogens (primary N) is 1. The molecule has 9 heteroatoms. The van der Waals surface area contributed by atoms with Crippen LogP contribution in [0.25, 0.3) is 11.3 Å². The van der Waals surface area contributed by atoms with Crippen molar-refractivity contribution in [3.05, 3.63) is 59.1 Å². The second-order valence-corrected chi connectivity index (χ2v) is 7.38. The van der Waals surface area contributed by atoms with Crippen LogP contribution in [0.5, 0.6) is 5.75 Å². The monoisotopic (exact) mass is 423 g/mol. The lowest BCUT2D eigenvalue weighted by Gasteiger charge is -2.05. The Morgan fingerprint density at radius 1 is 1.23 bits per heavy atom. The molecule has 0 bridgehead atoms. The zero-order valence-electron chi connectivity index (χ0n) is 17.1. The largest absolute Gasteiger partial charge is 0.497 e. The fourth-order valence-electron chi connectivity index (χ4n) is 3.21. The first kappa shape index (κ1) is 20.4. The molecule has 160 valence electrons. The van der Waals surface area contributed by atoms with Crippen LogP contribution in [0.3, 0.4) is 0 Å². The lowest BCUT2D eigenvalue weighted by atomic mass is 9.99. The second kappa shape index (κ2) is 8.10. The van der Waals surface area contributed by atoms with Crippen molar-refractivity contribution >= 4 is 17.8 Å². The van der Waals surface area contributed by atoms with Crippen molar-refractivity contribution in [2.24, 2.45) is 11.7 Å². The molecule has 2 heterocycles. The van der Waals surface area contributed by atoms with Gasteiger partial charge < -0.3 is 19.7 Å². The maximum absolute atomic E-state index is 13.3. The van der Waals surface area contributed by atoms with Crippen molar-refractivity contribution in [2.75, 3.05) is 13.7 Å². The van der Waals surface area contributed by atoms with Gasteiger partial charge in [-0.1, -0.05) is 5.16 Å². The fraction of sp³-hybridized carbons (Fsp3) is 0.273. The Hall–Kier alpha value is -3.88. The third kappa shape index (κ3) is 4.07. The molecular formula is C22H21N3O6. The van der Waals surface area contributed by atoms with Crippen LogP contribution in [0.1, 0.15) is 45.0 Å². The quantitative estimate of drug-likeness (QED) is 0.457. The number of hydrogen-bond acceptors (Lipinski definition) is 7. The Bertz CT molecular complexity index is 1150. The van der Waals surface area contributed by atoms with E-state index in [1.807, 2.05) is 0 Å². The number of benzene rings is 1. The van der Waals surface area contributed by atoms with Crippen LogP contribution >= 0.6 is 0 Å². The number of methoxy groups -OCH3 is 1. The second-order valence-electron chi connectivity index (χ2n) is 7.38. The molecule has 2 aromatic heterocycles. The smallest absolute Gasteiger partial charge is 0.355 e. The third-order valence-electron chi connectivity index (χ3n) is 5.13. The Morgan fingerprint density at radius 2 is 1.94 bits per heavy atom. The summed E-state index contributed by atoms with van der Waals surface area (Å²) in [5.74, 6) is 0.155. The molecule has 1 fully saturated rings. The molecule has 0 radical (unpaired) electrons. The standard InChI is InChI=1S/C22H21N3O6/c1-12-18(19(24-31-12)14-5-7-16(29-2)8-6-14)20(26)15-9-17(25(10-15)22(23)28)21(27)30-11-13-3-4-13/h5-10,13H,3-4,11H2,1-2H3,(H2,23,28). The number of ketones is 1. The summed E-state index contributed by atoms with van der Waals surface area (Å²) in [6.07, 6.45) is 3.24. The molecule has 0 spiro atoms. The molecule has 1 saturated carbocycles. The van der Waals surface area contributed by atoms with Gasteiger partial charge in [-0.3, -0.25) is 9.36 Å². The first-order valence-corrected chi connectivity index (χ1v) is 9.73. The van der Waals surface area contributed by atoms with Crippen molar-refractivity contribution in [2.45, 2.75) is 19.8 Å². The first-order valence-electron chi connectivity index (χ1n) is 9.73. The van der Waals surface area contributed by atoms with Crippen LogP contribution in [0.4, 0.5) is 4.79 Å². The average Bonchev–Trinajstić information content (AvgIpc) is 3.35. The van der Waals surface area contributed by atoms with Crippen molar-refractivity contribution in [3.8, 4) is 17.0 Å². The van der Waals surface area contributed by atoms with Gasteiger partial charge in [-0.2, -0.15) is 0 Å². The molecule has 1 aliphatic rings. The fourth-order valence-corrected chi connectivity index (χ4v) is 3.21. The summed E-state index contributed by atoms with van der Waals surface area (Å²) in [5, 5.41) is 4.02. The molecule has 0 unspecified atom stereocenters. The van der Waals surface area contributed by atoms with Crippen molar-refractivity contribution in [1.82, 2.24) is 9.72 Å². The number of rotatable bonds is 7. The number of carbonyl (C=O) groups is 3. The number of aromatic nitrogens is 2. The lowest BCUT2D eigenvalue weighted by molar-refractivity contribution is 0.0476. The third-order valence-corrected chi connectivity index (χ3v) is 5.13. The number of amides is 1. The minimum Gasteiger partial charge on any atom is -0.497 e. The summed E-state index contributed by atoms with van der Waals surface area (Å²) in [6.45, 7) is 1.89. The van der Waals surface area contributed by atoms with E-state index in [9.17, 15) is 14.4 Å². The minimum atomic E-state index is -0.894. The summed E-state index contributed by atoms with van der Waals surface area (Å²) >= 11 is 0. The van der Waals surface area contributed by atoms with Crippen LogP contribution < -0.4 is 10.5 Å². The van der Waals surface area contributed by atoms with Crippen LogP contribution in [0.15, 0.2) is 41.1 Å². The molecule has 1 aliphatic carbocycles. The van der Waals surface area contributed by atoms with E-state index in [0.717, 1.165) is 17.4 Å². The van der Waals surface area contributed by atoms with Gasteiger partial charge in [0, 0.05) is 17.3 Å². The van der Waals surface area contributed by atoms with E-state index in [-0.39, 0.29) is 23.4 Å². The van der Waals surface area contributed by atoms with Crippen molar-refractivity contribution < 1.29 is 28.4 Å². The zero-order valence-corrected chi connectivity index (χ0v) is 17.1. The Labute approximate surface area is 177 Å². The van der Waals surface area contributed by atoms with Crippen molar-refractivity contribution in [3.63, 3.8) is 0 Å². The molecule has 0 aliphatic heterocycles. The first-order chi connectivity index (χ1) is 14.9. The van der Waals surface area contributed by atoms with Gasteiger partial charge in [-0.15, -0.1) is 0 Å². The van der Waals surface area contributed by atoms with Crippen LogP contribution in [-0.4, -0.2) is 41.2 Å². The molecule has 1 amide bonds. The van der Waals surface area contributed by atoms with Crippen LogP contribution in [0, 0.1) is 12.8 Å². The zero-order chi connectivity index (χ0) is 22.1. The minimum absolute atomic E-state index is 0.0956. The van der Waals surface area contributed by atoms with E-state index in [4.69, 9.17) is 19.7 Å². The molecule has 31 heavy (non-hydrogen) atoms. The number of nitrogens with zero attached hydrogens (tertiary/aromatic N) is 2. The number of esters is 1. The molecule has 0 atom stereocenters. The van der Waals surface area contributed by atoms with Gasteiger partial charge in [0.05, 0.1) is 19.3 Å². The van der Waals surface area contributed by atoms with Gasteiger partial charge in [0.25, 0.3) is 0 Å². The molecule has 4 rings (SSSR count). The van der Waals surface area contributed by atoms with Gasteiger partial charge in [-0.25, -0.2) is 9.59 Å². The topological polar surface area (TPSA) is 127 Å². The highest BCUT2D eigenvalue weighted by atomic mass is 16.5. The number of primary amides is 1. The maximum atomic E-state index is 13.3. The highest BCUT2D eigenvalue weighted by Crippen LogP contribution is 2.30. The van der Waals surface area contributed by atoms with Gasteiger partial charge in [0.2, 0.25) is 0 Å². The number of aryl methyl sites for hydroxylation is 1. The summed E-state index contributed by atoms with van der Waals surface area (Å²) in [7, 11) is 1.56. The van der Waals surface area contributed by atoms with E-state index >= 15 is 0 Å². The Morgan fingerprint density at radius 3 is 2.55 bits per heavy atom. The molecular weight excluding hydrogens is 402 g/mol. The summed E-state index contributed by atoms with van der Waals surface area (Å²) < 4.78 is 16.6. The van der Waals surface area contributed by atoms with E-state index in [0.29, 0.717) is 28.7 Å². The van der Waals surface area contributed by atoms with Gasteiger partial charge in [0.15, 0.2) is 5.78 Å². The van der Waals surface area contributed by atoms with E-state index in [1.54, 1.807) is 38.3 Å². The van der Waals surface area contributed by atoms with Gasteiger partial charge in [-0.05, 0) is 56.0 Å². The molecule has 2 N–H and O–H groups in total. The van der Waals surface area contributed by atoms with E-state index < -0.39 is 17.8 Å². The SMILES string of the molecule is COc1ccc(-c2noc(C)c2C(=O)c2cc(C(=O)OCC3CC3)n(C(N)=O)c2)cc1. The van der Waals surface area contributed by atoms with E-state index in [1.165, 1.54) is 12.3 Å². The Balaban J connectivity index is 1.68. The highest BCUT2D eigenvalue weighted by Gasteiger charge is 2.28. The predicted molar refractivity (Wildman–Crippen MR) is 109 cm³/mol. The average molecular weight is 423 g/mol. The molecule has 3 aromatic rings. The predicted octanol–water partition coefficient (Wildman–Crippen LogP) is 3.18. The van der Waals surface area contributed by atoms with Crippen LogP contribution in [0.2, 0.25) is 0 Å². The van der Waals surface area contributed by atoms with Crippen LogP contribution in [-0.2, 0) is 4.74 Å². The number of carbonyl (C=O) groups excluding carboxylic acids is 3. The highest BCUT2D eigenvalue weighted by molar-refractivity contribution is 6.14. The normalized spacial score (nSPS) is 13.1. The number of ether oxygens (including phenoxy) is 2. The Kier molecular flexibility index (Phi) is 5.33. The maximum Gasteiger partial charge on any atom is 0.355 e. The van der Waals surface area contributed by atoms with E-state index in [2.05, 4.69) is 5.16 Å². The molecule has 1 aromatic carbocycles. The number of hydrogen-bond donors (Lipinski definition) is 1. The summed E-state index contributed by atoms with van der Waals surface area (Å²) in [6, 6.07) is 7.39. The molecule has 0 saturated heterocycles. The lowest BCUT2D eigenvalue weighted by Crippen LogP contribution is -2.24. The van der Waals surface area contributed by atoms with Gasteiger partial charge >= 0.3 is 12.0 Å². The summed E-state index contributed by atoms with van der Waals surface area (Å²) in [5.41, 5.74) is 6.61. The van der Waals surface area contributed by atoms with Gasteiger partial charge in [0.1, 0.15) is 22.9 Å².